The van der Waals surface area contributed by atoms with Gasteiger partial charge in [0.15, 0.2) is 5.82 Å². The number of ether oxygens (including phenoxy) is 1. The van der Waals surface area contributed by atoms with Gasteiger partial charge in [-0.2, -0.15) is 4.31 Å². The highest BCUT2D eigenvalue weighted by atomic mass is 32.2. The van der Waals surface area contributed by atoms with Crippen LogP contribution in [0.4, 0.5) is 5.82 Å². The highest BCUT2D eigenvalue weighted by molar-refractivity contribution is 7.88. The fourth-order valence-corrected chi connectivity index (χ4v) is 3.86. The van der Waals surface area contributed by atoms with Gasteiger partial charge in [0.1, 0.15) is 11.9 Å². The molecule has 2 fully saturated rings. The van der Waals surface area contributed by atoms with Gasteiger partial charge in [0.25, 0.3) is 0 Å². The predicted octanol–water partition coefficient (Wildman–Crippen LogP) is 0.410. The van der Waals surface area contributed by atoms with E-state index in [0.29, 0.717) is 25.6 Å². The number of anilines is 1. The van der Waals surface area contributed by atoms with Gasteiger partial charge in [-0.15, -0.1) is 0 Å². The summed E-state index contributed by atoms with van der Waals surface area (Å²) in [5, 5.41) is 0. The predicted molar refractivity (Wildman–Crippen MR) is 78.6 cm³/mol. The van der Waals surface area contributed by atoms with E-state index in [0.717, 1.165) is 18.9 Å². The SMILES string of the molecule is CS(=O)(=O)N1CCOCC1c1nccc(N2CCCC2)n1. The Balaban J connectivity index is 1.89. The monoisotopic (exact) mass is 312 g/mol. The molecule has 3 heterocycles. The molecule has 0 amide bonds. The van der Waals surface area contributed by atoms with E-state index in [2.05, 4.69) is 14.9 Å². The molecule has 0 bridgehead atoms. The second-order valence-electron chi connectivity index (χ2n) is 5.43. The van der Waals surface area contributed by atoms with Crippen molar-refractivity contribution in [3.63, 3.8) is 0 Å². The summed E-state index contributed by atoms with van der Waals surface area (Å²) in [4.78, 5) is 11.1. The van der Waals surface area contributed by atoms with Crippen molar-refractivity contribution >= 4 is 15.8 Å². The van der Waals surface area contributed by atoms with Gasteiger partial charge < -0.3 is 9.64 Å². The van der Waals surface area contributed by atoms with Crippen LogP contribution in [0.2, 0.25) is 0 Å². The second kappa shape index (κ2) is 5.86. The van der Waals surface area contributed by atoms with Crippen molar-refractivity contribution in [1.29, 1.82) is 0 Å². The number of sulfonamides is 1. The molecule has 1 aromatic rings. The lowest BCUT2D eigenvalue weighted by Gasteiger charge is -2.32. The largest absolute Gasteiger partial charge is 0.378 e. The van der Waals surface area contributed by atoms with E-state index in [-0.39, 0.29) is 0 Å². The summed E-state index contributed by atoms with van der Waals surface area (Å²) in [7, 11) is -3.30. The van der Waals surface area contributed by atoms with Crippen LogP contribution in [0.1, 0.15) is 24.7 Å². The summed E-state index contributed by atoms with van der Waals surface area (Å²) in [5.41, 5.74) is 0. The van der Waals surface area contributed by atoms with Crippen LogP contribution < -0.4 is 4.90 Å². The fraction of sp³-hybridized carbons (Fsp3) is 0.692. The minimum atomic E-state index is -3.30. The smallest absolute Gasteiger partial charge is 0.212 e. The Morgan fingerprint density at radius 1 is 1.29 bits per heavy atom. The standard InChI is InChI=1S/C13H20N4O3S/c1-21(18,19)17-8-9-20-10-11(17)13-14-5-4-12(15-13)16-6-2-3-7-16/h4-5,11H,2-3,6-10H2,1H3. The quantitative estimate of drug-likeness (QED) is 0.805. The highest BCUT2D eigenvalue weighted by Crippen LogP contribution is 2.26. The molecule has 1 unspecified atom stereocenters. The first-order valence-corrected chi connectivity index (χ1v) is 9.03. The number of aromatic nitrogens is 2. The van der Waals surface area contributed by atoms with Gasteiger partial charge in [0.2, 0.25) is 10.0 Å². The summed E-state index contributed by atoms with van der Waals surface area (Å²) in [6.07, 6.45) is 5.25. The molecule has 116 valence electrons. The van der Waals surface area contributed by atoms with E-state index in [1.807, 2.05) is 6.07 Å². The van der Waals surface area contributed by atoms with Crippen LogP contribution in [0, 0.1) is 0 Å². The molecule has 0 spiro atoms. The minimum absolute atomic E-state index is 0.302. The molecule has 0 saturated carbocycles. The van der Waals surface area contributed by atoms with E-state index < -0.39 is 16.1 Å². The van der Waals surface area contributed by atoms with Crippen LogP contribution in [0.3, 0.4) is 0 Å². The Hall–Kier alpha value is -1.25. The molecular formula is C13H20N4O3S. The average Bonchev–Trinajstić information content (AvgIpc) is 3.01. The summed E-state index contributed by atoms with van der Waals surface area (Å²) < 4.78 is 30.7. The first kappa shape index (κ1) is 14.7. The van der Waals surface area contributed by atoms with Crippen molar-refractivity contribution in [2.24, 2.45) is 0 Å². The summed E-state index contributed by atoms with van der Waals surface area (Å²) in [6, 6.07) is 1.44. The van der Waals surface area contributed by atoms with Crippen LogP contribution in [-0.4, -0.2) is 61.8 Å². The first-order chi connectivity index (χ1) is 10.1. The molecule has 0 aromatic carbocycles. The molecule has 3 rings (SSSR count). The number of hydrogen-bond donors (Lipinski definition) is 0. The zero-order valence-electron chi connectivity index (χ0n) is 12.1. The van der Waals surface area contributed by atoms with Crippen LogP contribution in [0.25, 0.3) is 0 Å². The summed E-state index contributed by atoms with van der Waals surface area (Å²) in [5.74, 6) is 1.39. The molecule has 2 aliphatic heterocycles. The van der Waals surface area contributed by atoms with Crippen molar-refractivity contribution in [3.05, 3.63) is 18.1 Å². The summed E-state index contributed by atoms with van der Waals surface area (Å²) in [6.45, 7) is 3.05. The maximum absolute atomic E-state index is 11.9. The number of morpholine rings is 1. The fourth-order valence-electron chi connectivity index (χ4n) is 2.84. The van der Waals surface area contributed by atoms with Gasteiger partial charge in [0.05, 0.1) is 19.5 Å². The van der Waals surface area contributed by atoms with Gasteiger partial charge in [-0.25, -0.2) is 18.4 Å². The van der Waals surface area contributed by atoms with Crippen LogP contribution in [0.5, 0.6) is 0 Å². The van der Waals surface area contributed by atoms with Gasteiger partial charge in [0, 0.05) is 25.8 Å². The molecule has 1 atom stereocenters. The van der Waals surface area contributed by atoms with Crippen LogP contribution in [-0.2, 0) is 14.8 Å². The Morgan fingerprint density at radius 3 is 2.76 bits per heavy atom. The Morgan fingerprint density at radius 2 is 2.05 bits per heavy atom. The Labute approximate surface area is 125 Å². The molecule has 1 aromatic heterocycles. The minimum Gasteiger partial charge on any atom is -0.378 e. The zero-order valence-corrected chi connectivity index (χ0v) is 12.9. The maximum atomic E-state index is 11.9. The molecule has 0 radical (unpaired) electrons. The van der Waals surface area contributed by atoms with E-state index in [9.17, 15) is 8.42 Å². The lowest BCUT2D eigenvalue weighted by molar-refractivity contribution is 0.0293. The highest BCUT2D eigenvalue weighted by Gasteiger charge is 2.33. The van der Waals surface area contributed by atoms with E-state index in [1.54, 1.807) is 6.20 Å². The molecule has 2 aliphatic rings. The van der Waals surface area contributed by atoms with Gasteiger partial charge in [-0.1, -0.05) is 0 Å². The number of nitrogens with zero attached hydrogens (tertiary/aromatic N) is 4. The molecule has 0 aliphatic carbocycles. The topological polar surface area (TPSA) is 75.6 Å². The van der Waals surface area contributed by atoms with Crippen LogP contribution in [0.15, 0.2) is 12.3 Å². The number of hydrogen-bond acceptors (Lipinski definition) is 6. The normalized spacial score (nSPS) is 24.4. The van der Waals surface area contributed by atoms with Crippen molar-refractivity contribution in [2.75, 3.05) is 44.0 Å². The average molecular weight is 312 g/mol. The molecule has 7 nitrogen and oxygen atoms in total. The first-order valence-electron chi connectivity index (χ1n) is 7.18. The zero-order chi connectivity index (χ0) is 14.9. The molecule has 2 saturated heterocycles. The van der Waals surface area contributed by atoms with Crippen molar-refractivity contribution in [1.82, 2.24) is 14.3 Å². The third kappa shape index (κ3) is 3.17. The number of rotatable bonds is 3. The Kier molecular flexibility index (Phi) is 4.10. The summed E-state index contributed by atoms with van der Waals surface area (Å²) >= 11 is 0. The third-order valence-electron chi connectivity index (χ3n) is 3.89. The van der Waals surface area contributed by atoms with Crippen molar-refractivity contribution in [3.8, 4) is 0 Å². The third-order valence-corrected chi connectivity index (χ3v) is 5.18. The van der Waals surface area contributed by atoms with Crippen molar-refractivity contribution < 1.29 is 13.2 Å². The van der Waals surface area contributed by atoms with Crippen LogP contribution >= 0.6 is 0 Å². The Bertz CT molecular complexity index is 601. The van der Waals surface area contributed by atoms with Gasteiger partial charge in [-0.05, 0) is 18.9 Å². The molecular weight excluding hydrogens is 292 g/mol. The molecule has 0 N–H and O–H groups in total. The lowest BCUT2D eigenvalue weighted by Crippen LogP contribution is -2.43. The van der Waals surface area contributed by atoms with E-state index >= 15 is 0 Å². The molecule has 8 heteroatoms. The molecule has 21 heavy (non-hydrogen) atoms. The maximum Gasteiger partial charge on any atom is 0.212 e. The second-order valence-corrected chi connectivity index (χ2v) is 7.37. The van der Waals surface area contributed by atoms with E-state index in [1.165, 1.54) is 23.4 Å². The van der Waals surface area contributed by atoms with Gasteiger partial charge >= 0.3 is 0 Å². The van der Waals surface area contributed by atoms with Crippen molar-refractivity contribution in [2.45, 2.75) is 18.9 Å². The van der Waals surface area contributed by atoms with E-state index in [4.69, 9.17) is 4.74 Å². The van der Waals surface area contributed by atoms with Gasteiger partial charge in [-0.3, -0.25) is 0 Å². The lowest BCUT2D eigenvalue weighted by atomic mass is 10.2.